The minimum absolute atomic E-state index is 0.0719. The van der Waals surface area contributed by atoms with Crippen LogP contribution in [0.15, 0.2) is 52.5 Å². The first-order valence-corrected chi connectivity index (χ1v) is 14.2. The number of carbonyl (C=O) groups excluding carboxylic acids is 1. The lowest BCUT2D eigenvalue weighted by Gasteiger charge is -2.33. The highest BCUT2D eigenvalue weighted by molar-refractivity contribution is 7.99. The van der Waals surface area contributed by atoms with Gasteiger partial charge in [-0.3, -0.25) is 4.79 Å². The minimum atomic E-state index is -3.74. The molecule has 2 aromatic carbocycles. The lowest BCUT2D eigenvalue weighted by molar-refractivity contribution is -0.132. The van der Waals surface area contributed by atoms with Crippen molar-refractivity contribution >= 4 is 38.7 Å². The first kappa shape index (κ1) is 25.5. The summed E-state index contributed by atoms with van der Waals surface area (Å²) in [7, 11) is -3.74. The summed E-state index contributed by atoms with van der Waals surface area (Å²) >= 11 is 1.32. The van der Waals surface area contributed by atoms with Gasteiger partial charge in [-0.15, -0.1) is 0 Å². The van der Waals surface area contributed by atoms with Crippen LogP contribution in [0.4, 0.5) is 0 Å². The van der Waals surface area contributed by atoms with E-state index in [1.54, 1.807) is 29.2 Å². The van der Waals surface area contributed by atoms with Crippen LogP contribution < -0.4 is 4.74 Å². The van der Waals surface area contributed by atoms with Crippen LogP contribution in [0.2, 0.25) is 0 Å². The number of fused-ring (bicyclic) bond motifs is 1. The van der Waals surface area contributed by atoms with Gasteiger partial charge in [0.05, 0.1) is 28.3 Å². The molecule has 0 spiro atoms. The maximum Gasteiger partial charge on any atom is 0.244 e. The second kappa shape index (κ2) is 10.2. The van der Waals surface area contributed by atoms with Gasteiger partial charge in [0.1, 0.15) is 11.9 Å². The van der Waals surface area contributed by atoms with E-state index in [1.807, 2.05) is 52.8 Å². The van der Waals surface area contributed by atoms with E-state index in [1.165, 1.54) is 16.1 Å². The summed E-state index contributed by atoms with van der Waals surface area (Å²) in [6, 6.07) is 12.3. The summed E-state index contributed by atoms with van der Waals surface area (Å²) in [4.78, 5) is 23.1. The zero-order valence-corrected chi connectivity index (χ0v) is 22.3. The van der Waals surface area contributed by atoms with Gasteiger partial charge in [-0.25, -0.2) is 13.4 Å². The fourth-order valence-corrected chi connectivity index (χ4v) is 7.03. The van der Waals surface area contributed by atoms with Gasteiger partial charge in [0.25, 0.3) is 0 Å². The predicted molar refractivity (Wildman–Crippen MR) is 138 cm³/mol. The van der Waals surface area contributed by atoms with Crippen molar-refractivity contribution in [3.63, 3.8) is 0 Å². The third-order valence-corrected chi connectivity index (χ3v) is 8.79. The molecule has 1 N–H and O–H groups in total. The average Bonchev–Trinajstić information content (AvgIpc) is 3.38. The van der Waals surface area contributed by atoms with E-state index < -0.39 is 16.2 Å². The molecular formula is C25H32N4O4S2. The lowest BCUT2D eigenvalue weighted by atomic mass is 10.1. The predicted octanol–water partition coefficient (Wildman–Crippen LogP) is 4.27. The van der Waals surface area contributed by atoms with Crippen LogP contribution in [-0.2, 0) is 14.8 Å². The van der Waals surface area contributed by atoms with Gasteiger partial charge in [0.15, 0.2) is 5.16 Å². The number of amides is 1. The molecule has 0 bridgehead atoms. The van der Waals surface area contributed by atoms with Gasteiger partial charge >= 0.3 is 0 Å². The molecule has 10 heteroatoms. The van der Waals surface area contributed by atoms with Gasteiger partial charge in [0, 0.05) is 18.7 Å². The Morgan fingerprint density at radius 3 is 2.60 bits per heavy atom. The Balaban J connectivity index is 1.51. The highest BCUT2D eigenvalue weighted by Crippen LogP contribution is 2.33. The molecular weight excluding hydrogens is 484 g/mol. The average molecular weight is 517 g/mol. The molecule has 0 aliphatic carbocycles. The van der Waals surface area contributed by atoms with Gasteiger partial charge < -0.3 is 14.6 Å². The summed E-state index contributed by atoms with van der Waals surface area (Å²) in [5.41, 5.74) is 2.64. The van der Waals surface area contributed by atoms with E-state index >= 15 is 0 Å². The van der Waals surface area contributed by atoms with Gasteiger partial charge in [-0.2, -0.15) is 4.31 Å². The van der Waals surface area contributed by atoms with Crippen LogP contribution in [0.3, 0.4) is 0 Å². The van der Waals surface area contributed by atoms with Crippen molar-refractivity contribution in [2.75, 3.05) is 18.9 Å². The van der Waals surface area contributed by atoms with Crippen molar-refractivity contribution in [1.29, 1.82) is 0 Å². The number of thioether (sulfide) groups is 1. The summed E-state index contributed by atoms with van der Waals surface area (Å²) in [6.07, 6.45) is -0.547. The Hall–Kier alpha value is -2.56. The minimum Gasteiger partial charge on any atom is -0.494 e. The maximum atomic E-state index is 13.5. The Labute approximate surface area is 211 Å². The fraction of sp³-hybridized carbons (Fsp3) is 0.440. The lowest BCUT2D eigenvalue weighted by Crippen LogP contribution is -2.49. The molecule has 2 heterocycles. The second-order valence-electron chi connectivity index (χ2n) is 9.14. The number of carbonyl (C=O) groups is 1. The van der Waals surface area contributed by atoms with Crippen molar-refractivity contribution in [3.8, 4) is 5.75 Å². The van der Waals surface area contributed by atoms with E-state index in [4.69, 9.17) is 4.74 Å². The Morgan fingerprint density at radius 1 is 1.23 bits per heavy atom. The number of aromatic nitrogens is 2. The first-order chi connectivity index (χ1) is 16.6. The van der Waals surface area contributed by atoms with Crippen molar-refractivity contribution in [2.45, 2.75) is 56.9 Å². The first-order valence-electron chi connectivity index (χ1n) is 11.8. The second-order valence-corrected chi connectivity index (χ2v) is 12.0. The van der Waals surface area contributed by atoms with Crippen LogP contribution >= 0.6 is 11.8 Å². The Morgan fingerprint density at radius 2 is 1.94 bits per heavy atom. The molecule has 2 atom stereocenters. The summed E-state index contributed by atoms with van der Waals surface area (Å²) < 4.78 is 34.0. The van der Waals surface area contributed by atoms with E-state index in [9.17, 15) is 13.2 Å². The maximum absolute atomic E-state index is 13.5. The number of aromatic amines is 1. The highest BCUT2D eigenvalue weighted by atomic mass is 32.2. The van der Waals surface area contributed by atoms with Gasteiger partial charge in [-0.1, -0.05) is 43.3 Å². The Kier molecular flexibility index (Phi) is 7.44. The van der Waals surface area contributed by atoms with Gasteiger partial charge in [0.2, 0.25) is 15.9 Å². The summed E-state index contributed by atoms with van der Waals surface area (Å²) in [5.74, 6) is 0.733. The van der Waals surface area contributed by atoms with Crippen LogP contribution in [0.1, 0.15) is 33.3 Å². The van der Waals surface area contributed by atoms with E-state index in [-0.39, 0.29) is 35.1 Å². The zero-order chi connectivity index (χ0) is 25.3. The number of hydrogen-bond donors (Lipinski definition) is 1. The number of benzene rings is 2. The number of H-pyrrole nitrogens is 1. The largest absolute Gasteiger partial charge is 0.494 e. The standard InChI is InChI=1S/C25H32N4O4S2/c1-6-33-19-9-12-21-22(13-19)27-25(26-21)34-15-23(30)29-18(5)14-28(24(29)16(2)3)35(31,32)20-10-7-17(4)8-11-20/h7-13,16,18,24H,6,14-15H2,1-5H3,(H,26,27)/t18-,24-/m0/s1. The zero-order valence-electron chi connectivity index (χ0n) is 20.7. The molecule has 0 saturated carbocycles. The quantitative estimate of drug-likeness (QED) is 0.450. The SMILES string of the molecule is CCOc1ccc2nc(SCC(=O)N3[C@@H](C(C)C)N(S(=O)(=O)c4ccc(C)cc4)C[C@@H]3C)[nH]c2c1. The monoisotopic (exact) mass is 516 g/mol. The van der Waals surface area contributed by atoms with Crippen molar-refractivity contribution < 1.29 is 17.9 Å². The molecule has 1 saturated heterocycles. The number of nitrogens with one attached hydrogen (secondary N) is 1. The molecule has 8 nitrogen and oxygen atoms in total. The molecule has 4 rings (SSSR count). The number of nitrogens with zero attached hydrogens (tertiary/aromatic N) is 3. The van der Waals surface area contributed by atoms with Crippen LogP contribution in [0.5, 0.6) is 5.75 Å². The molecule has 1 aliphatic rings. The van der Waals surface area contributed by atoms with Crippen molar-refractivity contribution in [3.05, 3.63) is 48.0 Å². The molecule has 0 radical (unpaired) electrons. The van der Waals surface area contributed by atoms with E-state index in [0.29, 0.717) is 11.8 Å². The molecule has 1 aromatic heterocycles. The Bertz CT molecular complexity index is 1300. The molecule has 1 aliphatic heterocycles. The molecule has 3 aromatic rings. The molecule has 1 fully saturated rings. The smallest absolute Gasteiger partial charge is 0.244 e. The van der Waals surface area contributed by atoms with Gasteiger partial charge in [-0.05, 0) is 51.0 Å². The molecule has 35 heavy (non-hydrogen) atoms. The molecule has 0 unspecified atom stereocenters. The molecule has 1 amide bonds. The number of rotatable bonds is 8. The van der Waals surface area contributed by atoms with Crippen molar-refractivity contribution in [2.24, 2.45) is 5.92 Å². The normalized spacial score (nSPS) is 19.1. The van der Waals surface area contributed by atoms with Crippen LogP contribution in [0.25, 0.3) is 11.0 Å². The van der Waals surface area contributed by atoms with Crippen LogP contribution in [0, 0.1) is 12.8 Å². The van der Waals surface area contributed by atoms with Crippen LogP contribution in [-0.4, -0.2) is 64.6 Å². The van der Waals surface area contributed by atoms with Crippen molar-refractivity contribution in [1.82, 2.24) is 19.2 Å². The summed E-state index contributed by atoms with van der Waals surface area (Å²) in [5, 5.41) is 0.638. The third-order valence-electron chi connectivity index (χ3n) is 6.09. The van der Waals surface area contributed by atoms with E-state index in [2.05, 4.69) is 9.97 Å². The number of ether oxygens (including phenoxy) is 1. The molecule has 188 valence electrons. The number of sulfonamides is 1. The third kappa shape index (κ3) is 5.19. The number of imidazole rings is 1. The number of hydrogen-bond acceptors (Lipinski definition) is 6. The topological polar surface area (TPSA) is 95.6 Å². The fourth-order valence-electron chi connectivity index (χ4n) is 4.48. The summed E-state index contributed by atoms with van der Waals surface area (Å²) in [6.45, 7) is 10.5. The highest BCUT2D eigenvalue weighted by Gasteiger charge is 2.47. The number of aryl methyl sites for hydroxylation is 1. The van der Waals surface area contributed by atoms with E-state index in [0.717, 1.165) is 22.3 Å².